The molecule has 3 aromatic rings. The van der Waals surface area contributed by atoms with Crippen molar-refractivity contribution in [3.8, 4) is 23.7 Å². The van der Waals surface area contributed by atoms with Crippen molar-refractivity contribution in [1.82, 2.24) is 0 Å². The van der Waals surface area contributed by atoms with Gasteiger partial charge < -0.3 is 4.55 Å². The van der Waals surface area contributed by atoms with Gasteiger partial charge in [0.15, 0.2) is 10.1 Å². The minimum Gasteiger partial charge on any atom is -0.741 e. The monoisotopic (exact) mass is 471 g/mol. The predicted octanol–water partition coefficient (Wildman–Crippen LogP) is 3.98. The Balaban J connectivity index is 0.000000414. The molecule has 2 aromatic carbocycles. The third-order valence-corrected chi connectivity index (χ3v) is 4.85. The van der Waals surface area contributed by atoms with E-state index in [2.05, 4.69) is 61.8 Å². The van der Waals surface area contributed by atoms with Crippen molar-refractivity contribution in [2.75, 3.05) is 0 Å². The third-order valence-electron chi connectivity index (χ3n) is 4.29. The smallest absolute Gasteiger partial charge is 0.485 e. The molecule has 8 heteroatoms. The Bertz CT molecular complexity index is 1260. The molecule has 4 nitrogen and oxygen atoms in total. The zero-order chi connectivity index (χ0) is 24.6. The first kappa shape index (κ1) is 25.7. The molecular formula is C25H20F3NO3S. The average Bonchev–Trinajstić information content (AvgIpc) is 2.73. The maximum absolute atomic E-state index is 10.7. The largest absolute Gasteiger partial charge is 0.741 e. The maximum atomic E-state index is 10.7. The molecule has 0 unspecified atom stereocenters. The van der Waals surface area contributed by atoms with Crippen molar-refractivity contribution in [3.05, 3.63) is 100 Å². The van der Waals surface area contributed by atoms with Crippen molar-refractivity contribution in [2.24, 2.45) is 7.05 Å². The highest BCUT2D eigenvalue weighted by Crippen LogP contribution is 2.20. The summed E-state index contributed by atoms with van der Waals surface area (Å²) in [5.74, 6) is 12.9. The van der Waals surface area contributed by atoms with E-state index in [9.17, 15) is 13.2 Å². The molecule has 0 amide bonds. The van der Waals surface area contributed by atoms with Gasteiger partial charge in [-0.2, -0.15) is 17.7 Å². The van der Waals surface area contributed by atoms with Crippen LogP contribution in [0.25, 0.3) is 0 Å². The van der Waals surface area contributed by atoms with Crippen LogP contribution in [0.15, 0.2) is 66.7 Å². The molecule has 0 aliphatic rings. The number of pyridine rings is 1. The van der Waals surface area contributed by atoms with Gasteiger partial charge in [0.05, 0.1) is 0 Å². The van der Waals surface area contributed by atoms with Gasteiger partial charge in [-0.25, -0.2) is 8.42 Å². The van der Waals surface area contributed by atoms with Crippen LogP contribution in [0.5, 0.6) is 0 Å². The Morgan fingerprint density at radius 1 is 0.727 bits per heavy atom. The molecule has 0 N–H and O–H groups in total. The van der Waals surface area contributed by atoms with E-state index in [1.54, 1.807) is 0 Å². The molecule has 0 fully saturated rings. The fraction of sp³-hybridized carbons (Fsp3) is 0.160. The second kappa shape index (κ2) is 10.8. The molecular weight excluding hydrogens is 451 g/mol. The van der Waals surface area contributed by atoms with Crippen LogP contribution in [0.2, 0.25) is 0 Å². The first-order chi connectivity index (χ1) is 15.4. The number of benzene rings is 2. The summed E-state index contributed by atoms with van der Waals surface area (Å²) in [6.45, 7) is 4.15. The highest BCUT2D eigenvalue weighted by Gasteiger charge is 2.36. The van der Waals surface area contributed by atoms with Crippen molar-refractivity contribution in [1.29, 1.82) is 0 Å². The van der Waals surface area contributed by atoms with Crippen molar-refractivity contribution < 1.29 is 30.7 Å². The number of aryl methyl sites for hydroxylation is 2. The second-order valence-corrected chi connectivity index (χ2v) is 8.36. The normalized spacial score (nSPS) is 10.6. The van der Waals surface area contributed by atoms with E-state index < -0.39 is 15.6 Å². The number of aromatic nitrogens is 1. The highest BCUT2D eigenvalue weighted by atomic mass is 32.2. The Morgan fingerprint density at radius 2 is 1.06 bits per heavy atom. The van der Waals surface area contributed by atoms with E-state index in [1.807, 2.05) is 54.1 Å². The summed E-state index contributed by atoms with van der Waals surface area (Å²) in [4.78, 5) is 0. The summed E-state index contributed by atoms with van der Waals surface area (Å²) in [5.41, 5.74) is 0.748. The molecule has 1 heterocycles. The Morgan fingerprint density at radius 3 is 1.36 bits per heavy atom. The average molecular weight is 472 g/mol. The van der Waals surface area contributed by atoms with Crippen molar-refractivity contribution in [3.63, 3.8) is 0 Å². The van der Waals surface area contributed by atoms with Gasteiger partial charge in [-0.1, -0.05) is 47.2 Å². The van der Waals surface area contributed by atoms with Gasteiger partial charge in [-0.15, -0.1) is 0 Å². The lowest BCUT2D eigenvalue weighted by atomic mass is 10.1. The Hall–Kier alpha value is -3.59. The predicted molar refractivity (Wildman–Crippen MR) is 118 cm³/mol. The summed E-state index contributed by atoms with van der Waals surface area (Å²) in [6.07, 6.45) is 0. The topological polar surface area (TPSA) is 61.1 Å². The fourth-order valence-electron chi connectivity index (χ4n) is 2.38. The first-order valence-electron chi connectivity index (χ1n) is 9.55. The lowest BCUT2D eigenvalue weighted by Crippen LogP contribution is -2.36. The molecule has 0 saturated heterocycles. The third kappa shape index (κ3) is 8.12. The van der Waals surface area contributed by atoms with Crippen LogP contribution in [-0.2, 0) is 17.2 Å². The minimum atomic E-state index is -6.09. The van der Waals surface area contributed by atoms with Crippen LogP contribution in [0, 0.1) is 37.5 Å². The minimum absolute atomic E-state index is 0.941. The van der Waals surface area contributed by atoms with E-state index in [4.69, 9.17) is 13.0 Å². The van der Waals surface area contributed by atoms with Crippen LogP contribution >= 0.6 is 0 Å². The summed E-state index contributed by atoms with van der Waals surface area (Å²) in [5, 5.41) is 0. The van der Waals surface area contributed by atoms with E-state index in [0.29, 0.717) is 0 Å². The second-order valence-electron chi connectivity index (χ2n) is 6.99. The van der Waals surface area contributed by atoms with Crippen molar-refractivity contribution in [2.45, 2.75) is 19.4 Å². The number of hydrogen-bond donors (Lipinski definition) is 0. The lowest BCUT2D eigenvalue weighted by Gasteiger charge is -2.08. The van der Waals surface area contributed by atoms with E-state index >= 15 is 0 Å². The molecule has 33 heavy (non-hydrogen) atoms. The highest BCUT2D eigenvalue weighted by molar-refractivity contribution is 7.86. The van der Waals surface area contributed by atoms with Crippen LogP contribution in [0.1, 0.15) is 33.6 Å². The van der Waals surface area contributed by atoms with Gasteiger partial charge in [0, 0.05) is 35.1 Å². The van der Waals surface area contributed by atoms with Crippen LogP contribution in [0.3, 0.4) is 0 Å². The molecule has 0 saturated carbocycles. The van der Waals surface area contributed by atoms with E-state index in [-0.39, 0.29) is 0 Å². The summed E-state index contributed by atoms with van der Waals surface area (Å²) in [6, 6.07) is 22.5. The van der Waals surface area contributed by atoms with Crippen LogP contribution < -0.4 is 4.57 Å². The number of alkyl halides is 3. The van der Waals surface area contributed by atoms with Gasteiger partial charge in [0.1, 0.15) is 7.05 Å². The summed E-state index contributed by atoms with van der Waals surface area (Å²) < 4.78 is 60.9. The lowest BCUT2D eigenvalue weighted by molar-refractivity contribution is -0.676. The van der Waals surface area contributed by atoms with E-state index in [0.717, 1.165) is 22.5 Å². The molecule has 0 spiro atoms. The number of nitrogens with zero attached hydrogens (tertiary/aromatic N) is 1. The molecule has 1 aromatic heterocycles. The van der Waals surface area contributed by atoms with Gasteiger partial charge in [-0.3, -0.25) is 0 Å². The van der Waals surface area contributed by atoms with Gasteiger partial charge in [-0.05, 0) is 44.2 Å². The Kier molecular flexibility index (Phi) is 8.42. The van der Waals surface area contributed by atoms with E-state index in [1.165, 1.54) is 11.1 Å². The van der Waals surface area contributed by atoms with Gasteiger partial charge in [0.2, 0.25) is 0 Å². The molecule has 0 radical (unpaired) electrons. The molecule has 0 atom stereocenters. The molecule has 0 aliphatic carbocycles. The van der Waals surface area contributed by atoms with Crippen LogP contribution in [0.4, 0.5) is 13.2 Å². The number of rotatable bonds is 0. The molecule has 0 bridgehead atoms. The fourth-order valence-corrected chi connectivity index (χ4v) is 2.38. The first-order valence-corrected chi connectivity index (χ1v) is 11.0. The van der Waals surface area contributed by atoms with Gasteiger partial charge in [0.25, 0.3) is 11.4 Å². The molecule has 170 valence electrons. The SMILES string of the molecule is Cc1ccc(C#Cc2cccc(C#Cc3ccc(C)cc3)[n+]2C)cc1.O=S(=O)([O-])C(F)(F)F. The quantitative estimate of drug-likeness (QED) is 0.216. The zero-order valence-corrected chi connectivity index (χ0v) is 18.9. The molecule has 0 aliphatic heterocycles. The summed E-state index contributed by atoms with van der Waals surface area (Å²) in [7, 11) is -4.09. The zero-order valence-electron chi connectivity index (χ0n) is 18.1. The summed E-state index contributed by atoms with van der Waals surface area (Å²) >= 11 is 0. The molecule has 3 rings (SSSR count). The van der Waals surface area contributed by atoms with Gasteiger partial charge >= 0.3 is 5.51 Å². The Labute approximate surface area is 191 Å². The maximum Gasteiger partial charge on any atom is 0.485 e. The number of hydrogen-bond acceptors (Lipinski definition) is 3. The standard InChI is InChI=1S/C24H20N.CHF3O3S/c1-19-7-11-21(12-8-19)15-17-23-5-4-6-24(25(23)3)18-16-22-13-9-20(2)10-14-22;2-1(3,4)8(5,6)7/h4-14H,1-3H3;(H,5,6,7)/q+1;/p-1. The van der Waals surface area contributed by atoms with Crippen molar-refractivity contribution >= 4 is 10.1 Å². The van der Waals surface area contributed by atoms with Crippen LogP contribution in [-0.4, -0.2) is 18.5 Å². The number of halogens is 3.